The van der Waals surface area contributed by atoms with E-state index >= 15 is 0 Å². The number of nitrogens with zero attached hydrogens (tertiary/aromatic N) is 4. The number of aryl methyl sites for hydroxylation is 1. The van der Waals surface area contributed by atoms with Crippen LogP contribution >= 0.6 is 0 Å². The van der Waals surface area contributed by atoms with Crippen LogP contribution in [-0.2, 0) is 26.6 Å². The predicted molar refractivity (Wildman–Crippen MR) is 135 cm³/mol. The summed E-state index contributed by atoms with van der Waals surface area (Å²) in [5.41, 5.74) is -0.0405. The molecule has 1 aliphatic heterocycles. The van der Waals surface area contributed by atoms with Crippen LogP contribution in [0.3, 0.4) is 0 Å². The molecule has 1 aromatic carbocycles. The molecule has 1 aromatic heterocycles. The molecule has 15 heteroatoms. The summed E-state index contributed by atoms with van der Waals surface area (Å²) < 4.78 is 79.2. The number of hydrogen-bond donors (Lipinski definition) is 1. The summed E-state index contributed by atoms with van der Waals surface area (Å²) in [6.45, 7) is 3.43. The van der Waals surface area contributed by atoms with Gasteiger partial charge in [-0.25, -0.2) is 13.4 Å². The second-order valence-electron chi connectivity index (χ2n) is 9.60. The van der Waals surface area contributed by atoms with Gasteiger partial charge in [0.1, 0.15) is 18.8 Å². The molecule has 3 atom stereocenters. The first-order chi connectivity index (χ1) is 18.1. The molecule has 0 fully saturated rings. The van der Waals surface area contributed by atoms with Crippen LogP contribution in [0.2, 0.25) is 0 Å². The van der Waals surface area contributed by atoms with Crippen molar-refractivity contribution in [2.45, 2.75) is 43.6 Å². The normalized spacial score (nSPS) is 21.9. The van der Waals surface area contributed by atoms with Crippen LogP contribution in [0.1, 0.15) is 30.6 Å². The monoisotopic (exact) mass is 575 g/mol. The number of methoxy groups -OCH3 is 1. The number of amides is 2. The van der Waals surface area contributed by atoms with Crippen LogP contribution in [0.15, 0.2) is 35.7 Å². The van der Waals surface area contributed by atoms with E-state index in [1.54, 1.807) is 20.9 Å². The molecule has 0 radical (unpaired) electrons. The highest BCUT2D eigenvalue weighted by Crippen LogP contribution is 2.28. The van der Waals surface area contributed by atoms with Gasteiger partial charge in [0.05, 0.1) is 24.0 Å². The number of alkyl halides is 3. The Labute approximate surface area is 224 Å². The first kappa shape index (κ1) is 30.4. The van der Waals surface area contributed by atoms with E-state index in [9.17, 15) is 31.2 Å². The van der Waals surface area contributed by atoms with Crippen molar-refractivity contribution in [2.24, 2.45) is 13.0 Å². The molecule has 1 aliphatic rings. The summed E-state index contributed by atoms with van der Waals surface area (Å²) in [6.07, 6.45) is -4.16. The van der Waals surface area contributed by atoms with E-state index in [4.69, 9.17) is 9.47 Å². The summed E-state index contributed by atoms with van der Waals surface area (Å²) in [6, 6.07) is 3.17. The third kappa shape index (κ3) is 7.48. The molecular formula is C24H32F3N5O6S. The zero-order valence-electron chi connectivity index (χ0n) is 22.2. The van der Waals surface area contributed by atoms with E-state index in [-0.39, 0.29) is 47.6 Å². The van der Waals surface area contributed by atoms with Gasteiger partial charge < -0.3 is 24.3 Å². The molecular weight excluding hydrogens is 543 g/mol. The van der Waals surface area contributed by atoms with Crippen LogP contribution in [0.4, 0.5) is 18.9 Å². The van der Waals surface area contributed by atoms with Crippen molar-refractivity contribution in [3.05, 3.63) is 36.3 Å². The van der Waals surface area contributed by atoms with Crippen molar-refractivity contribution in [3.63, 3.8) is 0 Å². The Kier molecular flexibility index (Phi) is 9.28. The zero-order chi connectivity index (χ0) is 29.1. The Morgan fingerprint density at radius 1 is 1.23 bits per heavy atom. The fourth-order valence-corrected chi connectivity index (χ4v) is 5.87. The van der Waals surface area contributed by atoms with Gasteiger partial charge >= 0.3 is 6.18 Å². The van der Waals surface area contributed by atoms with Crippen LogP contribution < -0.4 is 10.1 Å². The average molecular weight is 576 g/mol. The van der Waals surface area contributed by atoms with E-state index in [1.807, 2.05) is 0 Å². The quantitative estimate of drug-likeness (QED) is 0.581. The Hall–Kier alpha value is -3.17. The van der Waals surface area contributed by atoms with E-state index in [1.165, 1.54) is 58.7 Å². The standard InChI is InChI=1S/C24H32F3N5O6S/c1-15-10-32(39(35,36)22-12-30(3)14-28-22)16(2)13-38-19-7-6-17(29-21(33)9-24(25,26)27)8-18(19)23(34)31(4)11-20(15)37-5/h6-8,12,14-16,20H,9-11,13H2,1-5H3,(H,29,33)/t15-,16-,20-/m0/s1. The lowest BCUT2D eigenvalue weighted by molar-refractivity contribution is -0.150. The van der Waals surface area contributed by atoms with Crippen molar-refractivity contribution < 1.29 is 40.7 Å². The largest absolute Gasteiger partial charge is 0.491 e. The predicted octanol–water partition coefficient (Wildman–Crippen LogP) is 2.51. The number of carbonyl (C=O) groups excluding carboxylic acids is 2. The summed E-state index contributed by atoms with van der Waals surface area (Å²) in [4.78, 5) is 30.5. The minimum Gasteiger partial charge on any atom is -0.491 e. The molecule has 1 N–H and O–H groups in total. The number of nitrogens with one attached hydrogen (secondary N) is 1. The minimum absolute atomic E-state index is 0.0169. The van der Waals surface area contributed by atoms with E-state index in [0.29, 0.717) is 0 Å². The van der Waals surface area contributed by atoms with Gasteiger partial charge in [-0.3, -0.25) is 9.59 Å². The lowest BCUT2D eigenvalue weighted by atomic mass is 10.0. The average Bonchev–Trinajstić information content (AvgIpc) is 3.29. The topological polar surface area (TPSA) is 123 Å². The number of aromatic nitrogens is 2. The van der Waals surface area contributed by atoms with E-state index < -0.39 is 46.6 Å². The fraction of sp³-hybridized carbons (Fsp3) is 0.542. The number of carbonyl (C=O) groups is 2. The van der Waals surface area contributed by atoms with Gasteiger partial charge in [-0.2, -0.15) is 17.5 Å². The number of anilines is 1. The van der Waals surface area contributed by atoms with E-state index in [0.717, 1.165) is 0 Å². The number of imidazole rings is 1. The van der Waals surface area contributed by atoms with Gasteiger partial charge in [-0.15, -0.1) is 0 Å². The SMILES string of the molecule is CO[C@H]1CN(C)C(=O)c2cc(NC(=O)CC(F)(F)F)ccc2OC[C@H](C)N(S(=O)(=O)c2cn(C)cn2)C[C@@H]1C. The first-order valence-corrected chi connectivity index (χ1v) is 13.5. The minimum atomic E-state index is -4.69. The molecule has 0 bridgehead atoms. The van der Waals surface area contributed by atoms with Crippen molar-refractivity contribution in [3.8, 4) is 5.75 Å². The highest BCUT2D eigenvalue weighted by atomic mass is 32.2. The number of hydrogen-bond acceptors (Lipinski definition) is 7. The number of sulfonamides is 1. The third-order valence-corrected chi connectivity index (χ3v) is 8.15. The lowest BCUT2D eigenvalue weighted by Crippen LogP contribution is -2.48. The summed E-state index contributed by atoms with van der Waals surface area (Å²) in [5, 5.41) is 2.02. The van der Waals surface area contributed by atoms with Crippen LogP contribution in [0.5, 0.6) is 5.75 Å². The Morgan fingerprint density at radius 3 is 2.51 bits per heavy atom. The van der Waals surface area contributed by atoms with Crippen molar-refractivity contribution in [1.82, 2.24) is 18.8 Å². The maximum atomic E-state index is 13.5. The molecule has 0 unspecified atom stereocenters. The molecule has 0 spiro atoms. The molecule has 2 heterocycles. The lowest BCUT2D eigenvalue weighted by Gasteiger charge is -2.35. The molecule has 216 valence electrons. The van der Waals surface area contributed by atoms with Crippen molar-refractivity contribution in [2.75, 3.05) is 39.2 Å². The molecule has 3 rings (SSSR count). The van der Waals surface area contributed by atoms with Crippen molar-refractivity contribution in [1.29, 1.82) is 0 Å². The van der Waals surface area contributed by atoms with Gasteiger partial charge in [0.2, 0.25) is 5.91 Å². The Bertz CT molecular complexity index is 1300. The third-order valence-electron chi connectivity index (χ3n) is 6.29. The fourth-order valence-electron chi connectivity index (χ4n) is 4.19. The van der Waals surface area contributed by atoms with Gasteiger partial charge in [0.15, 0.2) is 5.03 Å². The Balaban J connectivity index is 1.99. The summed E-state index contributed by atoms with van der Waals surface area (Å²) in [5.74, 6) is -2.09. The number of halogens is 3. The smallest absolute Gasteiger partial charge is 0.397 e. The van der Waals surface area contributed by atoms with Crippen LogP contribution in [0, 0.1) is 5.92 Å². The summed E-state index contributed by atoms with van der Waals surface area (Å²) in [7, 11) is 0.587. The number of benzene rings is 1. The van der Waals surface area contributed by atoms with Gasteiger partial charge in [-0.05, 0) is 31.0 Å². The number of likely N-dealkylation sites (N-methyl/N-ethyl adjacent to an activating group) is 1. The van der Waals surface area contributed by atoms with Gasteiger partial charge in [0, 0.05) is 46.2 Å². The van der Waals surface area contributed by atoms with Gasteiger partial charge in [-0.1, -0.05) is 6.92 Å². The van der Waals surface area contributed by atoms with E-state index in [2.05, 4.69) is 10.3 Å². The molecule has 11 nitrogen and oxygen atoms in total. The maximum Gasteiger partial charge on any atom is 0.397 e. The first-order valence-electron chi connectivity index (χ1n) is 12.0. The second-order valence-corrected chi connectivity index (χ2v) is 11.4. The second kappa shape index (κ2) is 11.9. The number of rotatable bonds is 5. The number of ether oxygens (including phenoxy) is 2. The molecule has 39 heavy (non-hydrogen) atoms. The zero-order valence-corrected chi connectivity index (χ0v) is 23.0. The maximum absolute atomic E-state index is 13.5. The molecule has 2 amide bonds. The van der Waals surface area contributed by atoms with Crippen LogP contribution in [-0.4, -0.2) is 91.2 Å². The Morgan fingerprint density at radius 2 is 1.92 bits per heavy atom. The van der Waals surface area contributed by atoms with Gasteiger partial charge in [0.25, 0.3) is 15.9 Å². The summed E-state index contributed by atoms with van der Waals surface area (Å²) >= 11 is 0. The molecule has 0 saturated carbocycles. The highest BCUT2D eigenvalue weighted by Gasteiger charge is 2.36. The molecule has 0 aliphatic carbocycles. The number of fused-ring (bicyclic) bond motifs is 1. The van der Waals surface area contributed by atoms with Crippen LogP contribution in [0.25, 0.3) is 0 Å². The highest BCUT2D eigenvalue weighted by molar-refractivity contribution is 7.89. The molecule has 2 aromatic rings. The molecule has 0 saturated heterocycles. The van der Waals surface area contributed by atoms with Crippen molar-refractivity contribution >= 4 is 27.5 Å².